The molecule has 2 amide bonds. The van der Waals surface area contributed by atoms with E-state index in [0.29, 0.717) is 13.2 Å². The number of amides is 2. The second-order valence-electron chi connectivity index (χ2n) is 8.62. The highest BCUT2D eigenvalue weighted by Crippen LogP contribution is 2.25. The molecule has 0 bridgehead atoms. The molecule has 0 atom stereocenters. The molecule has 8 nitrogen and oxygen atoms in total. The number of hydrogen-bond donors (Lipinski definition) is 0. The Kier molecular flexibility index (Phi) is 22.3. The standard InChI is InChI=1S/C17H18N2O4.C16H16N2.4BrH/c1-4-22-16(20)18-9-6-14(7-10-18)15-8-11-19(12-13(15)3)17(21)23-5-2;1-3-9-17-11-5-15(6-12-17)16-7-13-18(10-4-2)14-8-16;;;;/h6-9,11H,4-5H2,1-3H3;3-8,11,13H,1-2,9-10H2;4*1H/q2*+2;;;;/p-4. The third-order valence-electron chi connectivity index (χ3n) is 5.71. The first kappa shape index (κ1) is 43.7. The quantitative estimate of drug-likeness (QED) is 0.196. The van der Waals surface area contributed by atoms with Gasteiger partial charge in [-0.05, 0) is 20.8 Å². The third-order valence-corrected chi connectivity index (χ3v) is 5.71. The van der Waals surface area contributed by atoms with Gasteiger partial charge >= 0.3 is 12.2 Å². The van der Waals surface area contributed by atoms with Crippen LogP contribution in [0.2, 0.25) is 0 Å². The van der Waals surface area contributed by atoms with Crippen LogP contribution >= 0.6 is 0 Å². The summed E-state index contributed by atoms with van der Waals surface area (Å²) >= 11 is 0. The van der Waals surface area contributed by atoms with Crippen molar-refractivity contribution in [2.75, 3.05) is 26.3 Å². The fourth-order valence-corrected chi connectivity index (χ4v) is 3.72. The average molecular weight is 870 g/mol. The Bertz CT molecular complexity index is 1250. The van der Waals surface area contributed by atoms with Crippen molar-refractivity contribution in [1.29, 1.82) is 0 Å². The number of carbonyl (C=O) groups excluding carboxylic acids is 2. The number of hydrogen-bond acceptors (Lipinski definition) is 6. The molecule has 0 unspecified atom stereocenters. The van der Waals surface area contributed by atoms with Gasteiger partial charge in [-0.1, -0.05) is 22.0 Å². The molecule has 0 saturated carbocycles. The van der Waals surface area contributed by atoms with Gasteiger partial charge in [-0.3, -0.25) is 0 Å². The number of nitrogens with zero attached hydrogens (tertiary/aromatic N) is 4. The van der Waals surface area contributed by atoms with Gasteiger partial charge in [0.15, 0.2) is 11.1 Å². The van der Waals surface area contributed by atoms with Gasteiger partial charge < -0.3 is 77.4 Å². The molecule has 0 aromatic carbocycles. The summed E-state index contributed by atoms with van der Waals surface area (Å²) < 4.78 is 9.82. The lowest BCUT2D eigenvalue weighted by Crippen LogP contribution is -3.00. The van der Waals surface area contributed by atoms with Crippen molar-refractivity contribution in [2.24, 2.45) is 0 Å². The maximum atomic E-state index is 11.7. The van der Waals surface area contributed by atoms with Gasteiger partial charge in [-0.25, -0.2) is 9.80 Å². The van der Waals surface area contributed by atoms with Crippen LogP contribution in [0.1, 0.15) is 20.8 Å². The smallest absolute Gasteiger partial charge is 0.508 e. The van der Waals surface area contributed by atoms with E-state index in [1.165, 1.54) is 9.80 Å². The van der Waals surface area contributed by atoms with Gasteiger partial charge in [0.1, 0.15) is 97.8 Å². The van der Waals surface area contributed by atoms with E-state index < -0.39 is 12.2 Å². The summed E-state index contributed by atoms with van der Waals surface area (Å²) in [5.41, 5.74) is 4.80. The monoisotopic (exact) mass is 866 g/mol. The first-order chi connectivity index (χ1) is 19.9. The van der Waals surface area contributed by atoms with Crippen LogP contribution in [0.4, 0.5) is 9.59 Å². The van der Waals surface area contributed by atoms with Crippen LogP contribution in [0, 0.1) is 24.8 Å². The number of ether oxygens (including phenoxy) is 2. The van der Waals surface area contributed by atoms with E-state index in [9.17, 15) is 9.59 Å². The Morgan fingerprint density at radius 3 is 1.51 bits per heavy atom. The molecule has 4 aliphatic heterocycles. The molecule has 0 saturated heterocycles. The topological polar surface area (TPSA) is 65.6 Å². The maximum absolute atomic E-state index is 11.7. The third kappa shape index (κ3) is 13.2. The van der Waals surface area contributed by atoms with E-state index >= 15 is 0 Å². The summed E-state index contributed by atoms with van der Waals surface area (Å²) in [5.74, 6) is 0. The van der Waals surface area contributed by atoms with Gasteiger partial charge in [0, 0.05) is 0 Å². The maximum Gasteiger partial charge on any atom is 0.508 e. The Balaban J connectivity index is 0. The Morgan fingerprint density at radius 1 is 0.689 bits per heavy atom. The van der Waals surface area contributed by atoms with Crippen molar-refractivity contribution >= 4 is 12.2 Å². The minimum Gasteiger partial charge on any atom is -1.00 e. The SMILES string of the molecule is C=CCN1[C+]=CC(=C2C=[C+]N(CC=C)C=C2)C=C1.CCOC(=O)N1[C+]=CC(=C2C=CN(C(=O)OCC)[C+]=C2C)C=C1.[Br-].[Br-].[Br-].[Br-]. The minimum atomic E-state index is -0.476. The second kappa shape index (κ2) is 23.0. The summed E-state index contributed by atoms with van der Waals surface area (Å²) in [6.45, 7) is 14.9. The lowest BCUT2D eigenvalue weighted by molar-refractivity contribution is -0.00100. The van der Waals surface area contributed by atoms with Crippen molar-refractivity contribution in [3.8, 4) is 0 Å². The molecule has 4 rings (SSSR count). The van der Waals surface area contributed by atoms with Crippen molar-refractivity contribution in [1.82, 2.24) is 19.6 Å². The van der Waals surface area contributed by atoms with Crippen LogP contribution in [0.3, 0.4) is 0 Å². The number of carbonyl (C=O) groups is 2. The van der Waals surface area contributed by atoms with E-state index in [-0.39, 0.29) is 67.9 Å². The van der Waals surface area contributed by atoms with Crippen LogP contribution in [-0.4, -0.2) is 58.1 Å². The van der Waals surface area contributed by atoms with Crippen LogP contribution < -0.4 is 67.9 Å². The highest BCUT2D eigenvalue weighted by Gasteiger charge is 2.29. The molecule has 0 spiro atoms. The van der Waals surface area contributed by atoms with Crippen LogP contribution in [0.15, 0.2) is 121 Å². The molecule has 0 aromatic heterocycles. The zero-order valence-corrected chi connectivity index (χ0v) is 31.5. The van der Waals surface area contributed by atoms with Crippen molar-refractivity contribution in [3.63, 3.8) is 0 Å². The summed E-state index contributed by atoms with van der Waals surface area (Å²) in [6, 6.07) is 0. The second-order valence-corrected chi connectivity index (χ2v) is 8.62. The van der Waals surface area contributed by atoms with E-state index in [1.54, 1.807) is 44.5 Å². The highest BCUT2D eigenvalue weighted by molar-refractivity contribution is 5.72. The summed E-state index contributed by atoms with van der Waals surface area (Å²) in [5, 5.41) is 0. The van der Waals surface area contributed by atoms with E-state index in [2.05, 4.69) is 50.1 Å². The molecule has 12 heteroatoms. The first-order valence-electron chi connectivity index (χ1n) is 13.2. The molecule has 4 heterocycles. The molecule has 0 aliphatic carbocycles. The Labute approximate surface area is 309 Å². The molecule has 0 N–H and O–H groups in total. The van der Waals surface area contributed by atoms with E-state index in [0.717, 1.165) is 41.0 Å². The van der Waals surface area contributed by atoms with Crippen molar-refractivity contribution in [3.05, 3.63) is 145 Å². The number of rotatable bonds is 6. The lowest BCUT2D eigenvalue weighted by atomic mass is 9.98. The molecule has 45 heavy (non-hydrogen) atoms. The van der Waals surface area contributed by atoms with Gasteiger partial charge in [-0.15, -0.1) is 13.2 Å². The molecule has 238 valence electrons. The fraction of sp³-hybridized carbons (Fsp3) is 0.212. The molecule has 0 aromatic rings. The minimum absolute atomic E-state index is 0. The summed E-state index contributed by atoms with van der Waals surface area (Å²) in [4.78, 5) is 29.7. The predicted molar refractivity (Wildman–Crippen MR) is 158 cm³/mol. The largest absolute Gasteiger partial charge is 1.00 e. The van der Waals surface area contributed by atoms with Crippen LogP contribution in [-0.2, 0) is 9.47 Å². The van der Waals surface area contributed by atoms with Gasteiger partial charge in [0.05, 0.1) is 37.4 Å². The fourth-order valence-electron chi connectivity index (χ4n) is 3.72. The summed E-state index contributed by atoms with van der Waals surface area (Å²) in [6.07, 6.45) is 35.4. The molecule has 4 aliphatic rings. The average Bonchev–Trinajstić information content (AvgIpc) is 2.99. The van der Waals surface area contributed by atoms with Crippen molar-refractivity contribution < 1.29 is 87.0 Å². The van der Waals surface area contributed by atoms with Gasteiger partial charge in [-0.2, -0.15) is 9.59 Å². The van der Waals surface area contributed by atoms with Crippen molar-refractivity contribution in [2.45, 2.75) is 20.8 Å². The molecular formula is C33H34Br4N4O4. The normalized spacial score (nSPS) is 18.0. The summed E-state index contributed by atoms with van der Waals surface area (Å²) in [7, 11) is 0. The number of halogens is 4. The van der Waals surface area contributed by atoms with Gasteiger partial charge in [0.2, 0.25) is 0 Å². The zero-order valence-electron chi connectivity index (χ0n) is 25.2. The van der Waals surface area contributed by atoms with Gasteiger partial charge in [0.25, 0.3) is 0 Å². The predicted octanol–water partition coefficient (Wildman–Crippen LogP) is -5.76. The Morgan fingerprint density at radius 2 is 1.13 bits per heavy atom. The zero-order chi connectivity index (χ0) is 29.6. The first-order valence-corrected chi connectivity index (χ1v) is 13.2. The Hall–Kier alpha value is -3.42. The highest BCUT2D eigenvalue weighted by atomic mass is 79.9. The molecule has 0 radical (unpaired) electrons. The van der Waals surface area contributed by atoms with E-state index in [4.69, 9.17) is 9.47 Å². The molecule has 0 fully saturated rings. The molecular weight excluding hydrogens is 836 g/mol. The lowest BCUT2D eigenvalue weighted by Gasteiger charge is -2.10. The number of allylic oxidation sites excluding steroid dienone is 12. The van der Waals surface area contributed by atoms with Crippen LogP contribution in [0.5, 0.6) is 0 Å². The van der Waals surface area contributed by atoms with E-state index in [1.807, 2.05) is 53.4 Å². The van der Waals surface area contributed by atoms with Crippen LogP contribution in [0.25, 0.3) is 0 Å².